The number of hydrogen-bond acceptors (Lipinski definition) is 9. The number of alkyl halides is 2. The number of aromatic nitrogens is 6. The second kappa shape index (κ2) is 9.94. The Morgan fingerprint density at radius 1 is 1.28 bits per heavy atom. The smallest absolute Gasteiger partial charge is 0.276 e. The van der Waals surface area contributed by atoms with Gasteiger partial charge in [0.25, 0.3) is 11.7 Å². The third kappa shape index (κ3) is 5.47. The fourth-order valence-corrected chi connectivity index (χ4v) is 4.94. The van der Waals surface area contributed by atoms with Crippen LogP contribution in [0.1, 0.15) is 85.1 Å². The Balaban J connectivity index is 0.00000304. The maximum absolute atomic E-state index is 13.8. The van der Waals surface area contributed by atoms with Crippen molar-refractivity contribution in [1.29, 1.82) is 0 Å². The summed E-state index contributed by atoms with van der Waals surface area (Å²) in [5, 5.41) is 28.4. The number of fused-ring (bicyclic) bond motifs is 1. The lowest BCUT2D eigenvalue weighted by atomic mass is 9.81. The Morgan fingerprint density at radius 2 is 2.03 bits per heavy atom. The lowest BCUT2D eigenvalue weighted by molar-refractivity contribution is -0.0495. The van der Waals surface area contributed by atoms with Crippen LogP contribution >= 0.6 is 12.4 Å². The van der Waals surface area contributed by atoms with Crippen molar-refractivity contribution in [2.24, 2.45) is 5.92 Å². The van der Waals surface area contributed by atoms with Gasteiger partial charge in [0.05, 0.1) is 41.5 Å². The van der Waals surface area contributed by atoms with Gasteiger partial charge in [-0.05, 0) is 57.2 Å². The molecule has 0 spiro atoms. The van der Waals surface area contributed by atoms with Crippen molar-refractivity contribution < 1.29 is 23.3 Å². The van der Waals surface area contributed by atoms with Gasteiger partial charge in [-0.25, -0.2) is 27.9 Å². The first-order chi connectivity index (χ1) is 16.6. The number of aliphatic hydroxyl groups is 1. The topological polar surface area (TPSA) is 143 Å². The summed E-state index contributed by atoms with van der Waals surface area (Å²) in [4.78, 5) is 22.1. The number of nitrogens with zero attached hydrogens (tertiary/aromatic N) is 6. The van der Waals surface area contributed by atoms with E-state index in [2.05, 4.69) is 40.6 Å². The van der Waals surface area contributed by atoms with Crippen LogP contribution < -0.4 is 10.6 Å². The molecule has 1 saturated carbocycles. The van der Waals surface area contributed by atoms with E-state index in [-0.39, 0.29) is 55.7 Å². The minimum atomic E-state index is -2.71. The fraction of sp³-hybridized carbons (Fsp3) is 0.636. The number of halogens is 3. The van der Waals surface area contributed by atoms with Crippen LogP contribution in [0.15, 0.2) is 17.0 Å². The Kier molecular flexibility index (Phi) is 7.26. The first-order valence-corrected chi connectivity index (χ1v) is 11.8. The molecule has 1 aliphatic carbocycles. The SMILES string of the molecule is Cc1nonc1C(=O)N[C@H](c1cn2ncc(C3CC(C)(O)CCN3)nc2n1)C1CCC(F)(F)CC1.Cl. The lowest BCUT2D eigenvalue weighted by Crippen LogP contribution is -2.42. The summed E-state index contributed by atoms with van der Waals surface area (Å²) in [7, 11) is 0. The normalized spacial score (nSPS) is 25.3. The van der Waals surface area contributed by atoms with Crippen LogP contribution in [0.4, 0.5) is 8.78 Å². The Morgan fingerprint density at radius 3 is 2.69 bits per heavy atom. The van der Waals surface area contributed by atoms with Crippen LogP contribution in [0, 0.1) is 12.8 Å². The summed E-state index contributed by atoms with van der Waals surface area (Å²) in [5.74, 6) is -3.15. The standard InChI is InChI=1S/C22H28F2N8O3.ClH/c1-12-17(31-35-30-12)19(33)29-18(13-3-5-22(23,24)6-4-13)16-11-32-20(28-16)27-15(10-26-32)14-9-21(2,34)7-8-25-14;/h10-11,13-14,18,25,34H,3-9H2,1-2H3,(H,29,33);1H/t14?,18-,21?;/m0./s1. The molecule has 2 fully saturated rings. The number of imidazole rings is 1. The van der Waals surface area contributed by atoms with Gasteiger partial charge in [0.15, 0.2) is 5.69 Å². The molecule has 0 aromatic carbocycles. The monoisotopic (exact) mass is 526 g/mol. The molecular formula is C22H29ClF2N8O3. The molecule has 3 aromatic heterocycles. The van der Waals surface area contributed by atoms with E-state index in [0.29, 0.717) is 42.2 Å². The van der Waals surface area contributed by atoms with Crippen molar-refractivity contribution in [3.63, 3.8) is 0 Å². The van der Waals surface area contributed by atoms with Crippen LogP contribution in [0.5, 0.6) is 0 Å². The quantitative estimate of drug-likeness (QED) is 0.457. The summed E-state index contributed by atoms with van der Waals surface area (Å²) in [6, 6.07) is -0.815. The number of piperidine rings is 1. The zero-order valence-corrected chi connectivity index (χ0v) is 20.8. The van der Waals surface area contributed by atoms with E-state index in [4.69, 9.17) is 0 Å². The molecule has 0 bridgehead atoms. The molecular weight excluding hydrogens is 498 g/mol. The number of aryl methyl sites for hydroxylation is 1. The van der Waals surface area contributed by atoms with E-state index in [1.807, 2.05) is 0 Å². The van der Waals surface area contributed by atoms with Gasteiger partial charge in [0.2, 0.25) is 5.92 Å². The Labute approximate surface area is 211 Å². The average Bonchev–Trinajstić information content (AvgIpc) is 3.42. The lowest BCUT2D eigenvalue weighted by Gasteiger charge is -2.34. The van der Waals surface area contributed by atoms with Crippen molar-refractivity contribution in [3.05, 3.63) is 35.2 Å². The van der Waals surface area contributed by atoms with Crippen molar-refractivity contribution in [1.82, 2.24) is 40.5 Å². The molecule has 0 radical (unpaired) electrons. The van der Waals surface area contributed by atoms with E-state index < -0.39 is 23.5 Å². The van der Waals surface area contributed by atoms with Gasteiger partial charge < -0.3 is 15.7 Å². The van der Waals surface area contributed by atoms with Gasteiger partial charge in [-0.3, -0.25) is 4.79 Å². The third-order valence-corrected chi connectivity index (χ3v) is 6.99. The number of carbonyl (C=O) groups is 1. The molecule has 11 nitrogen and oxygen atoms in total. The molecule has 196 valence electrons. The Bertz CT molecular complexity index is 1220. The maximum Gasteiger partial charge on any atom is 0.276 e. The molecule has 3 aromatic rings. The van der Waals surface area contributed by atoms with Crippen LogP contribution in [0.3, 0.4) is 0 Å². The zero-order chi connectivity index (χ0) is 24.8. The first kappa shape index (κ1) is 26.3. The van der Waals surface area contributed by atoms with E-state index in [0.717, 1.165) is 0 Å². The highest BCUT2D eigenvalue weighted by atomic mass is 35.5. The van der Waals surface area contributed by atoms with Crippen molar-refractivity contribution in [3.8, 4) is 0 Å². The predicted octanol–water partition coefficient (Wildman–Crippen LogP) is 2.71. The molecule has 4 heterocycles. The van der Waals surface area contributed by atoms with Crippen LogP contribution in [0.2, 0.25) is 0 Å². The van der Waals surface area contributed by atoms with Gasteiger partial charge in [-0.2, -0.15) is 5.10 Å². The van der Waals surface area contributed by atoms with E-state index in [1.54, 1.807) is 26.2 Å². The fourth-order valence-electron chi connectivity index (χ4n) is 4.94. The molecule has 36 heavy (non-hydrogen) atoms. The van der Waals surface area contributed by atoms with Crippen molar-refractivity contribution in [2.75, 3.05) is 6.54 Å². The largest absolute Gasteiger partial charge is 0.390 e. The van der Waals surface area contributed by atoms with Crippen LogP contribution in [-0.2, 0) is 0 Å². The highest BCUT2D eigenvalue weighted by molar-refractivity contribution is 5.93. The molecule has 3 N–H and O–H groups in total. The summed E-state index contributed by atoms with van der Waals surface area (Å²) in [6.45, 7) is 4.05. The van der Waals surface area contributed by atoms with Gasteiger partial charge in [-0.1, -0.05) is 5.16 Å². The van der Waals surface area contributed by atoms with E-state index in [1.165, 1.54) is 4.52 Å². The minimum Gasteiger partial charge on any atom is -0.390 e. The van der Waals surface area contributed by atoms with Gasteiger partial charge in [-0.15, -0.1) is 12.4 Å². The zero-order valence-electron chi connectivity index (χ0n) is 19.9. The van der Waals surface area contributed by atoms with Gasteiger partial charge >= 0.3 is 0 Å². The van der Waals surface area contributed by atoms with E-state index >= 15 is 0 Å². The Hall–Kier alpha value is -2.77. The summed E-state index contributed by atoms with van der Waals surface area (Å²) in [6.07, 6.45) is 4.37. The predicted molar refractivity (Wildman–Crippen MR) is 125 cm³/mol. The highest BCUT2D eigenvalue weighted by Crippen LogP contribution is 2.41. The second-order valence-electron chi connectivity index (χ2n) is 9.89. The molecule has 1 aliphatic heterocycles. The minimum absolute atomic E-state index is 0. The van der Waals surface area contributed by atoms with Crippen LogP contribution in [-0.4, -0.2) is 59.0 Å². The third-order valence-electron chi connectivity index (χ3n) is 6.99. The number of amides is 1. The number of carbonyl (C=O) groups excluding carboxylic acids is 1. The molecule has 1 saturated heterocycles. The molecule has 2 aliphatic rings. The average molecular weight is 527 g/mol. The van der Waals surface area contributed by atoms with Gasteiger partial charge in [0, 0.05) is 12.8 Å². The highest BCUT2D eigenvalue weighted by Gasteiger charge is 2.40. The second-order valence-corrected chi connectivity index (χ2v) is 9.89. The maximum atomic E-state index is 13.8. The molecule has 3 atom stereocenters. The summed E-state index contributed by atoms with van der Waals surface area (Å²) in [5.41, 5.74) is 0.695. The molecule has 14 heteroatoms. The number of rotatable bonds is 5. The molecule has 5 rings (SSSR count). The van der Waals surface area contributed by atoms with Gasteiger partial charge in [0.1, 0.15) is 5.69 Å². The summed E-state index contributed by atoms with van der Waals surface area (Å²) < 4.78 is 33.8. The molecule has 2 unspecified atom stereocenters. The number of nitrogens with one attached hydrogen (secondary N) is 2. The van der Waals surface area contributed by atoms with E-state index in [9.17, 15) is 18.7 Å². The van der Waals surface area contributed by atoms with Crippen molar-refractivity contribution in [2.45, 2.75) is 76.0 Å². The molecule has 1 amide bonds. The van der Waals surface area contributed by atoms with Crippen molar-refractivity contribution >= 4 is 24.1 Å². The van der Waals surface area contributed by atoms with Crippen LogP contribution in [0.25, 0.3) is 5.78 Å². The summed E-state index contributed by atoms with van der Waals surface area (Å²) >= 11 is 0. The first-order valence-electron chi connectivity index (χ1n) is 11.8. The number of hydrogen-bond donors (Lipinski definition) is 3.